The zero-order valence-corrected chi connectivity index (χ0v) is 16.2. The molecule has 3 rings (SSSR count). The maximum absolute atomic E-state index is 12.0. The van der Waals surface area contributed by atoms with Crippen LogP contribution < -0.4 is 10.1 Å². The van der Waals surface area contributed by atoms with Crippen LogP contribution in [0.25, 0.3) is 11.5 Å². The normalized spacial score (nSPS) is 10.6. The van der Waals surface area contributed by atoms with Crippen LogP contribution in [0.5, 0.6) is 5.75 Å². The number of thioether (sulfide) groups is 1. The van der Waals surface area contributed by atoms with E-state index in [0.717, 1.165) is 17.1 Å². The highest BCUT2D eigenvalue weighted by atomic mass is 35.5. The molecule has 1 aromatic heterocycles. The number of nitrogens with zero attached hydrogens (tertiary/aromatic N) is 2. The highest BCUT2D eigenvalue weighted by Crippen LogP contribution is 2.29. The van der Waals surface area contributed by atoms with Crippen LogP contribution in [0.2, 0.25) is 5.02 Å². The van der Waals surface area contributed by atoms with Gasteiger partial charge < -0.3 is 9.15 Å². The largest absolute Gasteiger partial charge is 0.496 e. The summed E-state index contributed by atoms with van der Waals surface area (Å²) in [6.45, 7) is 0. The van der Waals surface area contributed by atoms with Gasteiger partial charge in [-0.05, 0) is 48.6 Å². The smallest absolute Gasteiger partial charge is 0.322 e. The number of nitrogens with one attached hydrogen (secondary N) is 1. The molecule has 0 atom stereocenters. The number of amides is 1. The molecule has 27 heavy (non-hydrogen) atoms. The van der Waals surface area contributed by atoms with Gasteiger partial charge in [0.25, 0.3) is 5.89 Å². The third-order valence-electron chi connectivity index (χ3n) is 3.64. The highest BCUT2D eigenvalue weighted by Gasteiger charge is 2.14. The summed E-state index contributed by atoms with van der Waals surface area (Å²) in [7, 11) is 1.57. The van der Waals surface area contributed by atoms with E-state index in [9.17, 15) is 4.79 Å². The molecule has 1 N–H and O–H groups in total. The minimum Gasteiger partial charge on any atom is -0.496 e. The van der Waals surface area contributed by atoms with E-state index in [2.05, 4.69) is 15.5 Å². The van der Waals surface area contributed by atoms with Crippen molar-refractivity contribution in [3.8, 4) is 17.2 Å². The molecular weight excluding hydrogens is 386 g/mol. The lowest BCUT2D eigenvalue weighted by Crippen LogP contribution is -2.11. The molecule has 140 valence electrons. The van der Waals surface area contributed by atoms with Gasteiger partial charge in [-0.3, -0.25) is 10.1 Å². The minimum absolute atomic E-state index is 0.0752. The first-order valence-electron chi connectivity index (χ1n) is 8.31. The minimum atomic E-state index is -0.165. The molecule has 6 nitrogen and oxygen atoms in total. The first-order chi connectivity index (χ1) is 13.2. The van der Waals surface area contributed by atoms with Crippen LogP contribution in [0.15, 0.2) is 57.8 Å². The predicted octanol–water partition coefficient (Wildman–Crippen LogP) is 4.91. The van der Waals surface area contributed by atoms with Crippen molar-refractivity contribution in [3.63, 3.8) is 0 Å². The van der Waals surface area contributed by atoms with Gasteiger partial charge in [0.05, 0.1) is 12.7 Å². The number of hydrogen-bond donors (Lipinski definition) is 1. The second-order valence-corrected chi connectivity index (χ2v) is 7.17. The van der Waals surface area contributed by atoms with Gasteiger partial charge in [-0.15, -0.1) is 16.9 Å². The fraction of sp³-hybridized carbons (Fsp3) is 0.211. The van der Waals surface area contributed by atoms with E-state index in [1.165, 1.54) is 0 Å². The molecule has 3 aromatic rings. The second kappa shape index (κ2) is 9.43. The van der Waals surface area contributed by atoms with Gasteiger partial charge in [0.2, 0.25) is 5.91 Å². The number of ether oxygens (including phenoxy) is 1. The summed E-state index contributed by atoms with van der Waals surface area (Å²) in [4.78, 5) is 13.2. The summed E-state index contributed by atoms with van der Waals surface area (Å²) in [5.41, 5.74) is 0.673. The summed E-state index contributed by atoms with van der Waals surface area (Å²) in [5.74, 6) is 1.58. The Morgan fingerprint density at radius 3 is 2.74 bits per heavy atom. The molecule has 0 aliphatic rings. The maximum Gasteiger partial charge on any atom is 0.322 e. The van der Waals surface area contributed by atoms with E-state index in [1.807, 2.05) is 42.5 Å². The molecule has 8 heteroatoms. The fourth-order valence-electron chi connectivity index (χ4n) is 2.34. The van der Waals surface area contributed by atoms with Crippen molar-refractivity contribution in [2.45, 2.75) is 17.7 Å². The Balaban J connectivity index is 1.47. The Bertz CT molecular complexity index is 899. The first kappa shape index (κ1) is 19.3. The number of benzene rings is 2. The van der Waals surface area contributed by atoms with Crippen LogP contribution in [-0.4, -0.2) is 29.0 Å². The Morgan fingerprint density at radius 1 is 1.19 bits per heavy atom. The molecule has 1 amide bonds. The predicted molar refractivity (Wildman–Crippen MR) is 106 cm³/mol. The molecule has 0 unspecified atom stereocenters. The zero-order valence-electron chi connectivity index (χ0n) is 14.6. The highest BCUT2D eigenvalue weighted by molar-refractivity contribution is 7.99. The topological polar surface area (TPSA) is 77.3 Å². The maximum atomic E-state index is 12.0. The summed E-state index contributed by atoms with van der Waals surface area (Å²) in [6.07, 6.45) is 1.10. The molecule has 0 aliphatic carbocycles. The lowest BCUT2D eigenvalue weighted by atomic mass is 10.2. The van der Waals surface area contributed by atoms with Crippen molar-refractivity contribution in [2.75, 3.05) is 18.2 Å². The van der Waals surface area contributed by atoms with Gasteiger partial charge in [-0.1, -0.05) is 28.8 Å². The summed E-state index contributed by atoms with van der Waals surface area (Å²) < 4.78 is 10.8. The molecule has 0 bridgehead atoms. The average Bonchev–Trinajstić information content (AvgIpc) is 3.14. The third kappa shape index (κ3) is 5.48. The van der Waals surface area contributed by atoms with Gasteiger partial charge in [-0.25, -0.2) is 0 Å². The summed E-state index contributed by atoms with van der Waals surface area (Å²) in [6, 6.07) is 15.0. The molecule has 0 spiro atoms. The number of carbonyl (C=O) groups is 1. The molecule has 0 saturated carbocycles. The van der Waals surface area contributed by atoms with Crippen molar-refractivity contribution in [2.24, 2.45) is 0 Å². The zero-order chi connectivity index (χ0) is 19.1. The van der Waals surface area contributed by atoms with E-state index in [1.54, 1.807) is 24.9 Å². The number of carbonyl (C=O) groups excluding carboxylic acids is 1. The van der Waals surface area contributed by atoms with E-state index >= 15 is 0 Å². The summed E-state index contributed by atoms with van der Waals surface area (Å²) in [5, 5.41) is 11.2. The van der Waals surface area contributed by atoms with E-state index in [-0.39, 0.29) is 11.9 Å². The van der Waals surface area contributed by atoms with E-state index < -0.39 is 0 Å². The van der Waals surface area contributed by atoms with Gasteiger partial charge in [0.15, 0.2) is 0 Å². The number of para-hydroxylation sites is 1. The van der Waals surface area contributed by atoms with E-state index in [0.29, 0.717) is 28.6 Å². The number of hydrogen-bond acceptors (Lipinski definition) is 6. The van der Waals surface area contributed by atoms with Gasteiger partial charge in [0, 0.05) is 16.3 Å². The number of halogens is 1. The van der Waals surface area contributed by atoms with Crippen LogP contribution in [0, 0.1) is 0 Å². The van der Waals surface area contributed by atoms with Crippen LogP contribution in [0.1, 0.15) is 12.8 Å². The molecule has 2 aromatic carbocycles. The van der Waals surface area contributed by atoms with Gasteiger partial charge >= 0.3 is 6.01 Å². The van der Waals surface area contributed by atoms with Crippen molar-refractivity contribution in [1.82, 2.24) is 10.2 Å². The standard InChI is InChI=1S/C19H18ClN3O3S/c1-25-16-6-3-2-5-15(16)18-22-23-19(26-18)21-17(24)7-4-12-27-14-10-8-13(20)9-11-14/h2-3,5-6,8-11H,4,7,12H2,1H3,(H,21,23,24). The van der Waals surface area contributed by atoms with Crippen LogP contribution in [0.4, 0.5) is 6.01 Å². The lowest BCUT2D eigenvalue weighted by molar-refractivity contribution is -0.116. The quantitative estimate of drug-likeness (QED) is 0.425. The first-order valence-corrected chi connectivity index (χ1v) is 9.67. The van der Waals surface area contributed by atoms with Crippen LogP contribution in [0.3, 0.4) is 0 Å². The molecule has 0 saturated heterocycles. The SMILES string of the molecule is COc1ccccc1-c1nnc(NC(=O)CCCSc2ccc(Cl)cc2)o1. The molecule has 0 radical (unpaired) electrons. The number of aromatic nitrogens is 2. The lowest BCUT2D eigenvalue weighted by Gasteiger charge is -2.03. The van der Waals surface area contributed by atoms with Crippen LogP contribution >= 0.6 is 23.4 Å². The van der Waals surface area contributed by atoms with Gasteiger partial charge in [-0.2, -0.15) is 0 Å². The molecule has 0 fully saturated rings. The summed E-state index contributed by atoms with van der Waals surface area (Å²) >= 11 is 7.54. The molecule has 0 aliphatic heterocycles. The number of anilines is 1. The number of methoxy groups -OCH3 is 1. The average molecular weight is 404 g/mol. The van der Waals surface area contributed by atoms with Crippen LogP contribution in [-0.2, 0) is 4.79 Å². The van der Waals surface area contributed by atoms with Crippen molar-refractivity contribution in [1.29, 1.82) is 0 Å². The monoisotopic (exact) mass is 403 g/mol. The fourth-order valence-corrected chi connectivity index (χ4v) is 3.32. The molecule has 1 heterocycles. The van der Waals surface area contributed by atoms with Crippen molar-refractivity contribution < 1.29 is 13.9 Å². The van der Waals surface area contributed by atoms with Crippen molar-refractivity contribution in [3.05, 3.63) is 53.6 Å². The Labute approximate surface area is 166 Å². The second-order valence-electron chi connectivity index (χ2n) is 5.57. The van der Waals surface area contributed by atoms with Crippen molar-refractivity contribution >= 4 is 35.3 Å². The van der Waals surface area contributed by atoms with E-state index in [4.69, 9.17) is 20.8 Å². The third-order valence-corrected chi connectivity index (χ3v) is 4.99. The Hall–Kier alpha value is -2.51. The van der Waals surface area contributed by atoms with Gasteiger partial charge in [0.1, 0.15) is 5.75 Å². The Kier molecular flexibility index (Phi) is 6.73. The molecular formula is C19H18ClN3O3S. The Morgan fingerprint density at radius 2 is 1.96 bits per heavy atom. The number of rotatable bonds is 8.